The van der Waals surface area contributed by atoms with Crippen LogP contribution in [-0.2, 0) is 14.8 Å². The van der Waals surface area contributed by atoms with E-state index in [2.05, 4.69) is 0 Å². The van der Waals surface area contributed by atoms with Crippen LogP contribution in [0.25, 0.3) is 0 Å². The Hall–Kier alpha value is -1.90. The molecule has 26 heavy (non-hydrogen) atoms. The van der Waals surface area contributed by atoms with Gasteiger partial charge in [-0.25, -0.2) is 8.42 Å². The van der Waals surface area contributed by atoms with Crippen molar-refractivity contribution < 1.29 is 22.7 Å². The minimum atomic E-state index is -3.45. The molecule has 0 radical (unpaired) electrons. The van der Waals surface area contributed by atoms with Gasteiger partial charge in [-0.2, -0.15) is 4.31 Å². The first-order chi connectivity index (χ1) is 12.5. The molecule has 1 aromatic carbocycles. The molecule has 0 bridgehead atoms. The molecule has 8 heteroatoms. The summed E-state index contributed by atoms with van der Waals surface area (Å²) in [5.41, 5.74) is 0. The molecule has 0 N–H and O–H groups in total. The van der Waals surface area contributed by atoms with E-state index in [0.717, 1.165) is 5.75 Å². The number of sulfonamides is 1. The summed E-state index contributed by atoms with van der Waals surface area (Å²) < 4.78 is 37.6. The van der Waals surface area contributed by atoms with E-state index >= 15 is 0 Å². The predicted molar refractivity (Wildman–Crippen MR) is 99.0 cm³/mol. The van der Waals surface area contributed by atoms with Crippen LogP contribution in [-0.4, -0.2) is 38.4 Å². The number of hydrogen-bond donors (Lipinski definition) is 0. The van der Waals surface area contributed by atoms with Gasteiger partial charge < -0.3 is 9.47 Å². The predicted octanol–water partition coefficient (Wildman–Crippen LogP) is 3.15. The second-order valence-electron chi connectivity index (χ2n) is 5.94. The second kappa shape index (κ2) is 8.20. The van der Waals surface area contributed by atoms with Gasteiger partial charge in [-0.3, -0.25) is 4.79 Å². The van der Waals surface area contributed by atoms with E-state index in [1.54, 1.807) is 41.8 Å². The quantitative estimate of drug-likeness (QED) is 0.555. The van der Waals surface area contributed by atoms with Gasteiger partial charge >= 0.3 is 5.97 Å². The Kier molecular flexibility index (Phi) is 5.95. The Morgan fingerprint density at radius 3 is 2.38 bits per heavy atom. The summed E-state index contributed by atoms with van der Waals surface area (Å²) in [4.78, 5) is 12.3. The SMILES string of the molecule is CCOc1ccc(OC(=O)C2CCN(S(=O)(=O)c3cccs3)CC2)cc1. The lowest BCUT2D eigenvalue weighted by atomic mass is 9.98. The number of benzene rings is 1. The molecule has 2 aromatic rings. The molecule has 1 saturated heterocycles. The largest absolute Gasteiger partial charge is 0.494 e. The van der Waals surface area contributed by atoms with Crippen LogP contribution in [0.15, 0.2) is 46.0 Å². The van der Waals surface area contributed by atoms with Crippen molar-refractivity contribution in [3.63, 3.8) is 0 Å². The lowest BCUT2D eigenvalue weighted by Crippen LogP contribution is -2.40. The van der Waals surface area contributed by atoms with E-state index in [4.69, 9.17) is 9.47 Å². The number of esters is 1. The zero-order valence-corrected chi connectivity index (χ0v) is 16.1. The smallest absolute Gasteiger partial charge is 0.314 e. The maximum absolute atomic E-state index is 12.5. The average molecular weight is 396 g/mol. The first kappa shape index (κ1) is 18.9. The first-order valence-corrected chi connectivity index (χ1v) is 10.8. The first-order valence-electron chi connectivity index (χ1n) is 8.49. The molecule has 140 valence electrons. The van der Waals surface area contributed by atoms with Gasteiger partial charge in [0.15, 0.2) is 0 Å². The highest BCUT2D eigenvalue weighted by Crippen LogP contribution is 2.27. The van der Waals surface area contributed by atoms with Crippen LogP contribution in [0.2, 0.25) is 0 Å². The Bertz CT molecular complexity index is 823. The highest BCUT2D eigenvalue weighted by Gasteiger charge is 2.33. The van der Waals surface area contributed by atoms with Crippen LogP contribution in [0.3, 0.4) is 0 Å². The van der Waals surface area contributed by atoms with Crippen LogP contribution >= 0.6 is 11.3 Å². The minimum absolute atomic E-state index is 0.295. The Labute approximate surface area is 157 Å². The molecule has 1 aliphatic heterocycles. The lowest BCUT2D eigenvalue weighted by Gasteiger charge is -2.29. The summed E-state index contributed by atoms with van der Waals surface area (Å²) in [5, 5.41) is 1.74. The molecule has 0 unspecified atom stereocenters. The van der Waals surface area contributed by atoms with Crippen LogP contribution in [0.1, 0.15) is 19.8 Å². The van der Waals surface area contributed by atoms with Gasteiger partial charge in [-0.15, -0.1) is 11.3 Å². The monoisotopic (exact) mass is 395 g/mol. The maximum atomic E-state index is 12.5. The third-order valence-electron chi connectivity index (χ3n) is 4.23. The van der Waals surface area contributed by atoms with Gasteiger partial charge in [0.25, 0.3) is 10.0 Å². The highest BCUT2D eigenvalue weighted by atomic mass is 32.2. The van der Waals surface area contributed by atoms with E-state index in [1.807, 2.05) is 6.92 Å². The van der Waals surface area contributed by atoms with Gasteiger partial charge in [0.1, 0.15) is 15.7 Å². The van der Waals surface area contributed by atoms with E-state index < -0.39 is 10.0 Å². The average Bonchev–Trinajstić information content (AvgIpc) is 3.19. The molecular formula is C18H21NO5S2. The summed E-state index contributed by atoms with van der Waals surface area (Å²) in [6.45, 7) is 3.12. The lowest BCUT2D eigenvalue weighted by molar-refractivity contribution is -0.140. The number of piperidine rings is 1. The van der Waals surface area contributed by atoms with E-state index in [9.17, 15) is 13.2 Å². The number of rotatable bonds is 6. The Morgan fingerprint density at radius 1 is 1.15 bits per heavy atom. The van der Waals surface area contributed by atoms with Gasteiger partial charge in [-0.05, 0) is 55.5 Å². The number of carbonyl (C=O) groups is 1. The van der Waals surface area contributed by atoms with Gasteiger partial charge in [0.2, 0.25) is 0 Å². The van der Waals surface area contributed by atoms with Crippen molar-refractivity contribution >= 4 is 27.3 Å². The number of carbonyl (C=O) groups excluding carboxylic acids is 1. The minimum Gasteiger partial charge on any atom is -0.494 e. The third kappa shape index (κ3) is 4.25. The zero-order chi connectivity index (χ0) is 18.6. The van der Waals surface area contributed by atoms with Crippen molar-refractivity contribution in [2.75, 3.05) is 19.7 Å². The fourth-order valence-electron chi connectivity index (χ4n) is 2.84. The van der Waals surface area contributed by atoms with E-state index in [-0.39, 0.29) is 11.9 Å². The van der Waals surface area contributed by atoms with E-state index in [0.29, 0.717) is 42.5 Å². The van der Waals surface area contributed by atoms with Crippen LogP contribution < -0.4 is 9.47 Å². The second-order valence-corrected chi connectivity index (χ2v) is 9.05. The van der Waals surface area contributed by atoms with Crippen molar-refractivity contribution in [1.82, 2.24) is 4.31 Å². The standard InChI is InChI=1S/C18H21NO5S2/c1-2-23-15-5-7-16(8-6-15)24-18(20)14-9-11-19(12-10-14)26(21,22)17-4-3-13-25-17/h3-8,13-14H,2,9-12H2,1H3. The number of nitrogens with zero attached hydrogens (tertiary/aromatic N) is 1. The van der Waals surface area contributed by atoms with Gasteiger partial charge in [0.05, 0.1) is 12.5 Å². The maximum Gasteiger partial charge on any atom is 0.314 e. The number of ether oxygens (including phenoxy) is 2. The van der Waals surface area contributed by atoms with Crippen molar-refractivity contribution in [1.29, 1.82) is 0 Å². The molecule has 0 atom stereocenters. The molecular weight excluding hydrogens is 374 g/mol. The van der Waals surface area contributed by atoms with Crippen molar-refractivity contribution in [3.05, 3.63) is 41.8 Å². The molecule has 1 fully saturated rings. The summed E-state index contributed by atoms with van der Waals surface area (Å²) in [6, 6.07) is 10.2. The Balaban J connectivity index is 1.55. The Morgan fingerprint density at radius 2 is 1.81 bits per heavy atom. The van der Waals surface area contributed by atoms with Crippen molar-refractivity contribution in [2.24, 2.45) is 5.92 Å². The molecule has 0 spiro atoms. The normalized spacial score (nSPS) is 16.3. The van der Waals surface area contributed by atoms with E-state index in [1.165, 1.54) is 15.6 Å². The third-order valence-corrected chi connectivity index (χ3v) is 7.50. The number of hydrogen-bond acceptors (Lipinski definition) is 6. The molecule has 3 rings (SSSR count). The van der Waals surface area contributed by atoms with Gasteiger partial charge in [-0.1, -0.05) is 6.07 Å². The molecule has 6 nitrogen and oxygen atoms in total. The summed E-state index contributed by atoms with van der Waals surface area (Å²) >= 11 is 1.21. The zero-order valence-electron chi connectivity index (χ0n) is 14.5. The summed E-state index contributed by atoms with van der Waals surface area (Å²) in [6.07, 6.45) is 0.918. The fourth-order valence-corrected chi connectivity index (χ4v) is 5.45. The summed E-state index contributed by atoms with van der Waals surface area (Å²) in [5.74, 6) is 0.574. The van der Waals surface area contributed by atoms with Gasteiger partial charge in [0, 0.05) is 13.1 Å². The highest BCUT2D eigenvalue weighted by molar-refractivity contribution is 7.91. The molecule has 2 heterocycles. The molecule has 0 amide bonds. The van der Waals surface area contributed by atoms with Crippen LogP contribution in [0.5, 0.6) is 11.5 Å². The number of thiophene rings is 1. The molecule has 0 aliphatic carbocycles. The molecule has 1 aliphatic rings. The molecule has 1 aromatic heterocycles. The van der Waals surface area contributed by atoms with Crippen molar-refractivity contribution in [2.45, 2.75) is 24.0 Å². The topological polar surface area (TPSA) is 72.9 Å². The van der Waals surface area contributed by atoms with Crippen LogP contribution in [0, 0.1) is 5.92 Å². The molecule has 0 saturated carbocycles. The van der Waals surface area contributed by atoms with Crippen LogP contribution in [0.4, 0.5) is 0 Å². The summed E-state index contributed by atoms with van der Waals surface area (Å²) in [7, 11) is -3.45. The van der Waals surface area contributed by atoms with Crippen molar-refractivity contribution in [3.8, 4) is 11.5 Å². The fraction of sp³-hybridized carbons (Fsp3) is 0.389.